The first kappa shape index (κ1) is 14.7. The quantitative estimate of drug-likeness (QED) is 0.536. The lowest BCUT2D eigenvalue weighted by Gasteiger charge is -2.10. The van der Waals surface area contributed by atoms with Gasteiger partial charge >= 0.3 is 5.97 Å². The summed E-state index contributed by atoms with van der Waals surface area (Å²) >= 11 is 0. The molecule has 0 spiro atoms. The second-order valence-electron chi connectivity index (χ2n) is 4.24. The summed E-state index contributed by atoms with van der Waals surface area (Å²) in [5.74, 6) is 1.55. The molecule has 5 heteroatoms. The van der Waals surface area contributed by atoms with Crippen LogP contribution in [-0.2, 0) is 16.0 Å². The molecule has 0 saturated heterocycles. The van der Waals surface area contributed by atoms with Gasteiger partial charge in [0.25, 0.3) is 0 Å². The van der Waals surface area contributed by atoms with E-state index in [0.717, 1.165) is 24.5 Å². The third-order valence-corrected chi connectivity index (χ3v) is 2.63. The Morgan fingerprint density at radius 3 is 2.94 bits per heavy atom. The monoisotopic (exact) mass is 255 g/mol. The Morgan fingerprint density at radius 2 is 2.33 bits per heavy atom. The molecule has 5 nitrogen and oxygen atoms in total. The third-order valence-electron chi connectivity index (χ3n) is 2.63. The molecule has 0 fully saturated rings. The van der Waals surface area contributed by atoms with Crippen molar-refractivity contribution in [1.29, 1.82) is 0 Å². The Hall–Kier alpha value is -1.33. The van der Waals surface area contributed by atoms with E-state index in [-0.39, 0.29) is 12.4 Å². The van der Waals surface area contributed by atoms with E-state index < -0.39 is 6.10 Å². The number of aryl methyl sites for hydroxylation is 1. The fourth-order valence-electron chi connectivity index (χ4n) is 1.59. The van der Waals surface area contributed by atoms with Crippen LogP contribution in [0.25, 0.3) is 0 Å². The van der Waals surface area contributed by atoms with E-state index in [1.807, 2.05) is 19.1 Å². The summed E-state index contributed by atoms with van der Waals surface area (Å²) in [5.41, 5.74) is 0. The van der Waals surface area contributed by atoms with Gasteiger partial charge in [-0.15, -0.1) is 0 Å². The zero-order valence-corrected chi connectivity index (χ0v) is 10.9. The summed E-state index contributed by atoms with van der Waals surface area (Å²) in [6, 6.07) is 3.88. The maximum Gasteiger partial charge on any atom is 0.305 e. The number of carbonyl (C=O) groups is 1. The summed E-state index contributed by atoms with van der Waals surface area (Å²) in [7, 11) is 1.35. The van der Waals surface area contributed by atoms with Crippen molar-refractivity contribution in [3.8, 4) is 0 Å². The van der Waals surface area contributed by atoms with Crippen LogP contribution in [0.3, 0.4) is 0 Å². The topological polar surface area (TPSA) is 71.7 Å². The molecule has 0 aliphatic carbocycles. The van der Waals surface area contributed by atoms with Gasteiger partial charge in [-0.1, -0.05) is 0 Å². The first-order chi connectivity index (χ1) is 8.61. The molecule has 1 unspecified atom stereocenters. The minimum Gasteiger partial charge on any atom is -0.469 e. The van der Waals surface area contributed by atoms with E-state index in [2.05, 4.69) is 10.1 Å². The van der Waals surface area contributed by atoms with Gasteiger partial charge in [-0.3, -0.25) is 4.79 Å². The molecule has 0 radical (unpaired) electrons. The number of rotatable bonds is 8. The second kappa shape index (κ2) is 7.89. The fourth-order valence-corrected chi connectivity index (χ4v) is 1.59. The van der Waals surface area contributed by atoms with E-state index >= 15 is 0 Å². The van der Waals surface area contributed by atoms with Gasteiger partial charge in [-0.2, -0.15) is 0 Å². The normalized spacial score (nSPS) is 12.4. The molecule has 0 aliphatic heterocycles. The Morgan fingerprint density at radius 1 is 1.56 bits per heavy atom. The Bertz CT molecular complexity index is 362. The Kier molecular flexibility index (Phi) is 6.46. The van der Waals surface area contributed by atoms with Crippen LogP contribution in [0.2, 0.25) is 0 Å². The van der Waals surface area contributed by atoms with Gasteiger partial charge in [0.05, 0.1) is 13.2 Å². The van der Waals surface area contributed by atoms with Gasteiger partial charge in [0.1, 0.15) is 11.5 Å². The van der Waals surface area contributed by atoms with Crippen molar-refractivity contribution in [3.05, 3.63) is 23.7 Å². The van der Waals surface area contributed by atoms with Gasteiger partial charge in [0.15, 0.2) is 0 Å². The van der Waals surface area contributed by atoms with Gasteiger partial charge in [-0.05, 0) is 25.5 Å². The molecule has 18 heavy (non-hydrogen) atoms. The van der Waals surface area contributed by atoms with E-state index in [0.29, 0.717) is 13.0 Å². The molecule has 1 atom stereocenters. The first-order valence-corrected chi connectivity index (χ1v) is 6.12. The summed E-state index contributed by atoms with van der Waals surface area (Å²) < 4.78 is 9.92. The molecular formula is C13H21NO4. The van der Waals surface area contributed by atoms with Crippen molar-refractivity contribution < 1.29 is 19.1 Å². The average molecular weight is 255 g/mol. The molecule has 0 aromatic carbocycles. The highest BCUT2D eigenvalue weighted by Crippen LogP contribution is 2.06. The van der Waals surface area contributed by atoms with Crippen LogP contribution in [0.15, 0.2) is 16.5 Å². The molecule has 0 amide bonds. The summed E-state index contributed by atoms with van der Waals surface area (Å²) in [6.07, 6.45) is 0.927. The zero-order valence-electron chi connectivity index (χ0n) is 10.9. The van der Waals surface area contributed by atoms with E-state index in [9.17, 15) is 9.90 Å². The van der Waals surface area contributed by atoms with Crippen molar-refractivity contribution in [2.75, 3.05) is 20.2 Å². The first-order valence-electron chi connectivity index (χ1n) is 6.12. The number of furan rings is 1. The minimum atomic E-state index is -0.526. The zero-order chi connectivity index (χ0) is 13.4. The minimum absolute atomic E-state index is 0.247. The number of aliphatic hydroxyl groups excluding tert-OH is 1. The molecule has 1 heterocycles. The maximum atomic E-state index is 10.9. The van der Waals surface area contributed by atoms with Crippen LogP contribution >= 0.6 is 0 Å². The predicted molar refractivity (Wildman–Crippen MR) is 67.3 cm³/mol. The number of methoxy groups -OCH3 is 1. The molecule has 2 N–H and O–H groups in total. The van der Waals surface area contributed by atoms with Crippen LogP contribution in [0, 0.1) is 6.92 Å². The predicted octanol–water partition coefficient (Wildman–Crippen LogP) is 1.03. The largest absolute Gasteiger partial charge is 0.469 e. The fraction of sp³-hybridized carbons (Fsp3) is 0.615. The van der Waals surface area contributed by atoms with Crippen LogP contribution in [-0.4, -0.2) is 37.4 Å². The molecule has 0 bridgehead atoms. The van der Waals surface area contributed by atoms with E-state index in [1.54, 1.807) is 0 Å². The third kappa shape index (κ3) is 5.84. The summed E-state index contributed by atoms with van der Waals surface area (Å²) in [5, 5.41) is 12.7. The standard InChI is InChI=1S/C13H21NO4/c1-10-3-5-12(18-10)7-8-14-9-11(15)4-6-13(16)17-2/h3,5,11,14-15H,4,6-9H2,1-2H3. The molecule has 0 aliphatic rings. The number of nitrogens with one attached hydrogen (secondary N) is 1. The molecule has 0 saturated carbocycles. The number of esters is 1. The summed E-state index contributed by atoms with van der Waals surface area (Å²) in [6.45, 7) is 3.12. The van der Waals surface area contributed by atoms with Crippen molar-refractivity contribution in [2.24, 2.45) is 0 Å². The van der Waals surface area contributed by atoms with Crippen LogP contribution in [0.4, 0.5) is 0 Å². The van der Waals surface area contributed by atoms with Crippen molar-refractivity contribution in [3.63, 3.8) is 0 Å². The number of carbonyl (C=O) groups excluding carboxylic acids is 1. The lowest BCUT2D eigenvalue weighted by Crippen LogP contribution is -2.28. The van der Waals surface area contributed by atoms with E-state index in [1.165, 1.54) is 7.11 Å². The highest BCUT2D eigenvalue weighted by Gasteiger charge is 2.07. The summed E-state index contributed by atoms with van der Waals surface area (Å²) in [4.78, 5) is 10.9. The van der Waals surface area contributed by atoms with Crippen LogP contribution < -0.4 is 5.32 Å². The van der Waals surface area contributed by atoms with Crippen molar-refractivity contribution in [1.82, 2.24) is 5.32 Å². The number of hydrogen-bond acceptors (Lipinski definition) is 5. The molecule has 1 aromatic rings. The number of hydrogen-bond donors (Lipinski definition) is 2. The Labute approximate surface area is 107 Å². The van der Waals surface area contributed by atoms with Gasteiger partial charge in [0.2, 0.25) is 0 Å². The number of ether oxygens (including phenoxy) is 1. The average Bonchev–Trinajstić information content (AvgIpc) is 2.77. The van der Waals surface area contributed by atoms with Gasteiger partial charge in [0, 0.05) is 25.9 Å². The van der Waals surface area contributed by atoms with Crippen molar-refractivity contribution >= 4 is 5.97 Å². The highest BCUT2D eigenvalue weighted by atomic mass is 16.5. The Balaban J connectivity index is 2.05. The second-order valence-corrected chi connectivity index (χ2v) is 4.24. The van der Waals surface area contributed by atoms with Gasteiger partial charge in [-0.25, -0.2) is 0 Å². The molecule has 1 rings (SSSR count). The van der Waals surface area contributed by atoms with Crippen LogP contribution in [0.5, 0.6) is 0 Å². The van der Waals surface area contributed by atoms with Crippen LogP contribution in [0.1, 0.15) is 24.4 Å². The highest BCUT2D eigenvalue weighted by molar-refractivity contribution is 5.69. The van der Waals surface area contributed by atoms with E-state index in [4.69, 9.17) is 4.42 Å². The van der Waals surface area contributed by atoms with Gasteiger partial charge < -0.3 is 19.6 Å². The molecule has 102 valence electrons. The maximum absolute atomic E-state index is 10.9. The molecule has 1 aromatic heterocycles. The molecular weight excluding hydrogens is 234 g/mol. The SMILES string of the molecule is COC(=O)CCC(O)CNCCc1ccc(C)o1. The smallest absolute Gasteiger partial charge is 0.305 e. The van der Waals surface area contributed by atoms with Crippen molar-refractivity contribution in [2.45, 2.75) is 32.3 Å². The number of aliphatic hydroxyl groups is 1. The lowest BCUT2D eigenvalue weighted by atomic mass is 10.2. The lowest BCUT2D eigenvalue weighted by molar-refractivity contribution is -0.141.